The minimum Gasteiger partial charge on any atom is -0.497 e. The Bertz CT molecular complexity index is 1050. The van der Waals surface area contributed by atoms with Gasteiger partial charge in [-0.1, -0.05) is 11.6 Å². The zero-order chi connectivity index (χ0) is 21.8. The lowest BCUT2D eigenvalue weighted by atomic mass is 10.0. The van der Waals surface area contributed by atoms with Gasteiger partial charge in [0.1, 0.15) is 11.5 Å². The van der Waals surface area contributed by atoms with E-state index in [0.29, 0.717) is 29.5 Å². The second-order valence-corrected chi connectivity index (χ2v) is 7.91. The van der Waals surface area contributed by atoms with Gasteiger partial charge >= 0.3 is 0 Å². The summed E-state index contributed by atoms with van der Waals surface area (Å²) in [4.78, 5) is 19.3. The number of amides is 1. The highest BCUT2D eigenvalue weighted by atomic mass is 35.5. The van der Waals surface area contributed by atoms with Gasteiger partial charge in [0.25, 0.3) is 0 Å². The Hall–Kier alpha value is -2.99. The molecule has 2 heterocycles. The van der Waals surface area contributed by atoms with Crippen molar-refractivity contribution < 1.29 is 18.7 Å². The molecule has 162 valence electrons. The fraction of sp³-hybridized carbons (Fsp3) is 0.333. The number of nitrogens with zero attached hydrogens (tertiary/aromatic N) is 2. The number of oxazole rings is 1. The summed E-state index contributed by atoms with van der Waals surface area (Å²) >= 11 is 5.94. The Morgan fingerprint density at radius 2 is 2.00 bits per heavy atom. The Kier molecular flexibility index (Phi) is 6.47. The van der Waals surface area contributed by atoms with E-state index in [1.165, 1.54) is 0 Å². The molecule has 6 nitrogen and oxygen atoms in total. The van der Waals surface area contributed by atoms with Gasteiger partial charge in [0.2, 0.25) is 5.91 Å². The van der Waals surface area contributed by atoms with Crippen LogP contribution in [0.3, 0.4) is 0 Å². The van der Waals surface area contributed by atoms with Crippen LogP contribution in [0.1, 0.15) is 36.8 Å². The number of carbonyl (C=O) groups excluding carboxylic acids is 1. The van der Waals surface area contributed by atoms with Gasteiger partial charge in [-0.3, -0.25) is 4.79 Å². The molecule has 1 atom stereocenters. The monoisotopic (exact) mass is 440 g/mol. The lowest BCUT2D eigenvalue weighted by molar-refractivity contribution is -0.132. The van der Waals surface area contributed by atoms with Crippen LogP contribution in [0.5, 0.6) is 11.5 Å². The summed E-state index contributed by atoms with van der Waals surface area (Å²) in [6.45, 7) is 0.736. The number of halogens is 1. The summed E-state index contributed by atoms with van der Waals surface area (Å²) < 4.78 is 16.7. The van der Waals surface area contributed by atoms with Crippen LogP contribution in [-0.4, -0.2) is 36.6 Å². The second kappa shape index (κ2) is 9.43. The molecule has 2 aromatic carbocycles. The first-order valence-corrected chi connectivity index (χ1v) is 10.7. The summed E-state index contributed by atoms with van der Waals surface area (Å²) in [5, 5.41) is 0.669. The van der Waals surface area contributed by atoms with Crippen LogP contribution in [0.25, 0.3) is 11.3 Å². The standard InChI is InChI=1S/C24H25ClN2O4/c1-29-18-9-10-19(21(14-18)30-2)20-4-3-13-27(20)24(28)12-11-23-26-15-22(31-23)16-5-7-17(25)8-6-16/h5-10,14-15,20H,3-4,11-13H2,1-2H3. The third kappa shape index (κ3) is 4.69. The molecule has 1 fully saturated rings. The minimum atomic E-state index is 0.00236. The SMILES string of the molecule is COc1ccc(C2CCCN2C(=O)CCc2ncc(-c3ccc(Cl)cc3)o2)c(OC)c1. The number of likely N-dealkylation sites (tertiary alicyclic amines) is 1. The Balaban J connectivity index is 1.42. The highest BCUT2D eigenvalue weighted by Crippen LogP contribution is 2.39. The molecule has 7 heteroatoms. The van der Waals surface area contributed by atoms with E-state index < -0.39 is 0 Å². The van der Waals surface area contributed by atoms with Crippen molar-refractivity contribution in [1.82, 2.24) is 9.88 Å². The first-order chi connectivity index (χ1) is 15.1. The number of hydrogen-bond donors (Lipinski definition) is 0. The van der Waals surface area contributed by atoms with Gasteiger partial charge in [-0.25, -0.2) is 4.98 Å². The van der Waals surface area contributed by atoms with Crippen molar-refractivity contribution in [2.75, 3.05) is 20.8 Å². The van der Waals surface area contributed by atoms with Gasteiger partial charge in [0, 0.05) is 41.6 Å². The molecule has 1 aliphatic heterocycles. The molecule has 0 radical (unpaired) electrons. The molecule has 3 aromatic rings. The van der Waals surface area contributed by atoms with Crippen molar-refractivity contribution in [3.05, 3.63) is 65.1 Å². The predicted molar refractivity (Wildman–Crippen MR) is 119 cm³/mol. The van der Waals surface area contributed by atoms with Crippen LogP contribution in [0.4, 0.5) is 0 Å². The predicted octanol–water partition coefficient (Wildman–Crippen LogP) is 5.31. The van der Waals surface area contributed by atoms with Crippen LogP contribution >= 0.6 is 11.6 Å². The topological polar surface area (TPSA) is 64.8 Å². The quantitative estimate of drug-likeness (QED) is 0.498. The number of carbonyl (C=O) groups is 1. The number of aryl methyl sites for hydroxylation is 1. The third-order valence-electron chi connectivity index (χ3n) is 5.61. The van der Waals surface area contributed by atoms with E-state index in [1.54, 1.807) is 20.4 Å². The van der Waals surface area contributed by atoms with E-state index >= 15 is 0 Å². The highest BCUT2D eigenvalue weighted by Gasteiger charge is 2.31. The molecule has 0 spiro atoms. The molecule has 1 unspecified atom stereocenters. The summed E-state index contributed by atoms with van der Waals surface area (Å²) in [6.07, 6.45) is 4.36. The summed E-state index contributed by atoms with van der Waals surface area (Å²) in [6, 6.07) is 13.1. The van der Waals surface area contributed by atoms with Gasteiger partial charge in [0.05, 0.1) is 26.5 Å². The van der Waals surface area contributed by atoms with Crippen molar-refractivity contribution in [2.24, 2.45) is 0 Å². The lowest BCUT2D eigenvalue weighted by Crippen LogP contribution is -2.31. The molecule has 0 aliphatic carbocycles. The molecule has 1 saturated heterocycles. The van der Waals surface area contributed by atoms with E-state index in [0.717, 1.165) is 42.0 Å². The largest absolute Gasteiger partial charge is 0.497 e. The first kappa shape index (κ1) is 21.2. The third-order valence-corrected chi connectivity index (χ3v) is 5.86. The molecular formula is C24H25ClN2O4. The molecule has 31 heavy (non-hydrogen) atoms. The number of methoxy groups -OCH3 is 2. The van der Waals surface area contributed by atoms with Crippen molar-refractivity contribution in [3.63, 3.8) is 0 Å². The average molecular weight is 441 g/mol. The average Bonchev–Trinajstić information content (AvgIpc) is 3.47. The van der Waals surface area contributed by atoms with Crippen molar-refractivity contribution >= 4 is 17.5 Å². The van der Waals surface area contributed by atoms with E-state index in [4.69, 9.17) is 25.5 Å². The van der Waals surface area contributed by atoms with Gasteiger partial charge in [0.15, 0.2) is 11.7 Å². The zero-order valence-corrected chi connectivity index (χ0v) is 18.4. The molecule has 0 N–H and O–H groups in total. The molecule has 0 bridgehead atoms. The van der Waals surface area contributed by atoms with Crippen LogP contribution in [-0.2, 0) is 11.2 Å². The van der Waals surface area contributed by atoms with Crippen LogP contribution in [0.2, 0.25) is 5.02 Å². The van der Waals surface area contributed by atoms with Crippen molar-refractivity contribution in [2.45, 2.75) is 31.7 Å². The van der Waals surface area contributed by atoms with Crippen molar-refractivity contribution in [3.8, 4) is 22.8 Å². The maximum atomic E-state index is 13.0. The number of aromatic nitrogens is 1. The first-order valence-electron chi connectivity index (χ1n) is 10.3. The fourth-order valence-corrected chi connectivity index (χ4v) is 4.14. The van der Waals surface area contributed by atoms with E-state index in [1.807, 2.05) is 47.4 Å². The fourth-order valence-electron chi connectivity index (χ4n) is 4.01. The van der Waals surface area contributed by atoms with Crippen LogP contribution in [0.15, 0.2) is 53.1 Å². The number of rotatable bonds is 7. The van der Waals surface area contributed by atoms with E-state index in [-0.39, 0.29) is 11.9 Å². The molecule has 4 rings (SSSR count). The van der Waals surface area contributed by atoms with Gasteiger partial charge in [-0.2, -0.15) is 0 Å². The Morgan fingerprint density at radius 1 is 1.19 bits per heavy atom. The Labute approximate surface area is 186 Å². The van der Waals surface area contributed by atoms with Gasteiger partial charge in [-0.05, 0) is 49.2 Å². The number of hydrogen-bond acceptors (Lipinski definition) is 5. The summed E-state index contributed by atoms with van der Waals surface area (Å²) in [5.41, 5.74) is 1.91. The molecule has 1 amide bonds. The highest BCUT2D eigenvalue weighted by molar-refractivity contribution is 6.30. The number of benzene rings is 2. The maximum Gasteiger partial charge on any atom is 0.223 e. The Morgan fingerprint density at radius 3 is 2.74 bits per heavy atom. The minimum absolute atomic E-state index is 0.00236. The molecule has 1 aliphatic rings. The van der Waals surface area contributed by atoms with Gasteiger partial charge < -0.3 is 18.8 Å². The van der Waals surface area contributed by atoms with Gasteiger partial charge in [-0.15, -0.1) is 0 Å². The van der Waals surface area contributed by atoms with E-state index in [2.05, 4.69) is 4.98 Å². The second-order valence-electron chi connectivity index (χ2n) is 7.48. The number of ether oxygens (including phenoxy) is 2. The smallest absolute Gasteiger partial charge is 0.223 e. The summed E-state index contributed by atoms with van der Waals surface area (Å²) in [7, 11) is 3.26. The van der Waals surface area contributed by atoms with E-state index in [9.17, 15) is 4.79 Å². The lowest BCUT2D eigenvalue weighted by Gasteiger charge is -2.26. The summed E-state index contributed by atoms with van der Waals surface area (Å²) in [5.74, 6) is 2.78. The van der Waals surface area contributed by atoms with Crippen LogP contribution < -0.4 is 9.47 Å². The maximum absolute atomic E-state index is 13.0. The van der Waals surface area contributed by atoms with Crippen LogP contribution in [0, 0.1) is 0 Å². The van der Waals surface area contributed by atoms with Crippen molar-refractivity contribution in [1.29, 1.82) is 0 Å². The molecular weight excluding hydrogens is 416 g/mol. The molecule has 0 saturated carbocycles. The normalized spacial score (nSPS) is 15.8. The molecule has 1 aromatic heterocycles. The zero-order valence-electron chi connectivity index (χ0n) is 17.6.